The molecule has 10 nitrogen and oxygen atoms in total. The normalized spacial score (nSPS) is 12.0. The van der Waals surface area contributed by atoms with Gasteiger partial charge in [-0.15, -0.1) is 0 Å². The van der Waals surface area contributed by atoms with Crippen LogP contribution in [-0.4, -0.2) is 48.2 Å². The minimum Gasteiger partial charge on any atom is -0.305 e. The van der Waals surface area contributed by atoms with Crippen LogP contribution in [0.4, 0.5) is 0 Å². The second kappa shape index (κ2) is 15.4. The summed E-state index contributed by atoms with van der Waals surface area (Å²) < 4.78 is 9.58. The summed E-state index contributed by atoms with van der Waals surface area (Å²) >= 11 is 0. The average Bonchev–Trinajstić information content (AvgIpc) is 4.15. The molecule has 0 unspecified atom stereocenters. The number of para-hydroxylation sites is 4. The maximum absolute atomic E-state index is 6.32. The van der Waals surface area contributed by atoms with E-state index >= 15 is 0 Å². The average molecular weight is 925 g/mol. The zero-order valence-corrected chi connectivity index (χ0v) is 39.1. The van der Waals surface area contributed by atoms with Crippen molar-refractivity contribution in [1.29, 1.82) is 0 Å². The highest BCUT2D eigenvalue weighted by Crippen LogP contribution is 2.50. The second-order valence-electron chi connectivity index (χ2n) is 18.5. The Labute approximate surface area is 411 Å². The molecule has 0 atom stereocenters. The summed E-state index contributed by atoms with van der Waals surface area (Å²) in [6, 6.07) is 56.3. The predicted molar refractivity (Wildman–Crippen MR) is 291 cm³/mol. The first-order valence-electron chi connectivity index (χ1n) is 24.1. The van der Waals surface area contributed by atoms with E-state index in [1.807, 2.05) is 49.6 Å². The zero-order valence-electron chi connectivity index (χ0n) is 39.1. The van der Waals surface area contributed by atoms with Crippen LogP contribution < -0.4 is 0 Å². The molecule has 0 N–H and O–H groups in total. The fourth-order valence-corrected chi connectivity index (χ4v) is 11.7. The van der Waals surface area contributed by atoms with E-state index in [1.54, 1.807) is 0 Å². The number of pyridine rings is 6. The molecular weight excluding hydrogens is 885 g/mol. The van der Waals surface area contributed by atoms with Gasteiger partial charge in [-0.25, -0.2) is 4.98 Å². The number of fused-ring (bicyclic) bond motifs is 12. The molecule has 0 saturated carbocycles. The van der Waals surface area contributed by atoms with Crippen molar-refractivity contribution in [1.82, 2.24) is 48.2 Å². The topological polar surface area (TPSA) is 97.1 Å². The van der Waals surface area contributed by atoms with Crippen molar-refractivity contribution in [3.63, 3.8) is 0 Å². The summed E-state index contributed by atoms with van der Waals surface area (Å²) in [5, 5.41) is 8.45. The SMILES string of the molecule is Cc1cc(-c2ccccc2-c2c(-n3c4ccccc4c4cnccc43)c(-n3c4ccccc4c4cnccc43)nc(-n3c4ccccc4c4cnccc43)c2-n2c3ccccc3c3cnccc32)cc(C)n1. The number of hydrogen-bond acceptors (Lipinski definition) is 6. The molecule has 72 heavy (non-hydrogen) atoms. The van der Waals surface area contributed by atoms with Gasteiger partial charge in [0, 0.05) is 110 Å². The maximum atomic E-state index is 6.32. The number of aromatic nitrogens is 10. The number of hydrogen-bond donors (Lipinski definition) is 0. The summed E-state index contributed by atoms with van der Waals surface area (Å²) in [6.45, 7) is 4.15. The maximum Gasteiger partial charge on any atom is 0.165 e. The van der Waals surface area contributed by atoms with E-state index < -0.39 is 0 Å². The molecule has 0 aliphatic carbocycles. The minimum absolute atomic E-state index is 0.736. The Morgan fingerprint density at radius 2 is 0.625 bits per heavy atom. The summed E-state index contributed by atoms with van der Waals surface area (Å²) in [5.41, 5.74) is 15.8. The smallest absolute Gasteiger partial charge is 0.165 e. The lowest BCUT2D eigenvalue weighted by molar-refractivity contribution is 0.960. The standard InChI is InChI=1S/C62H40N10/c1-37-31-39(32-38(2)67-37)40-13-3-4-18-45(40)58-59(69-50-19-9-5-14-41(50)46-33-63-27-23-54(46)69)61(71-52-21-11-7-16-43(52)48-35-65-29-25-56(48)71)68-62(72-53-22-12-8-17-44(53)49-36-66-30-26-57(49)72)60(58)70-51-20-10-6-15-42(51)47-34-64-28-24-55(47)70/h3-36H,1-2H3. The summed E-state index contributed by atoms with van der Waals surface area (Å²) in [7, 11) is 0. The van der Waals surface area contributed by atoms with E-state index in [1.165, 1.54) is 0 Å². The Morgan fingerprint density at radius 3 is 1.03 bits per heavy atom. The van der Waals surface area contributed by atoms with Crippen LogP contribution in [0.25, 0.3) is 132 Å². The molecule has 10 heteroatoms. The van der Waals surface area contributed by atoms with E-state index in [0.29, 0.717) is 0 Å². The van der Waals surface area contributed by atoms with Crippen molar-refractivity contribution in [2.24, 2.45) is 0 Å². The Balaban J connectivity index is 1.30. The highest BCUT2D eigenvalue weighted by Gasteiger charge is 2.33. The Hall–Kier alpha value is -9.80. The third-order valence-corrected chi connectivity index (χ3v) is 14.5. The van der Waals surface area contributed by atoms with Crippen molar-refractivity contribution in [2.75, 3.05) is 0 Å². The van der Waals surface area contributed by atoms with Crippen molar-refractivity contribution < 1.29 is 0 Å². The number of benzene rings is 5. The van der Waals surface area contributed by atoms with Gasteiger partial charge in [-0.1, -0.05) is 97.1 Å². The van der Waals surface area contributed by atoms with Crippen LogP contribution in [0.5, 0.6) is 0 Å². The van der Waals surface area contributed by atoms with Gasteiger partial charge in [-0.2, -0.15) is 0 Å². The van der Waals surface area contributed by atoms with Gasteiger partial charge < -0.3 is 9.13 Å². The third-order valence-electron chi connectivity index (χ3n) is 14.5. The van der Waals surface area contributed by atoms with E-state index in [-0.39, 0.29) is 0 Å². The number of rotatable bonds is 6. The van der Waals surface area contributed by atoms with E-state index in [9.17, 15) is 0 Å². The highest BCUT2D eigenvalue weighted by atomic mass is 15.2. The zero-order chi connectivity index (χ0) is 47.6. The first-order chi connectivity index (χ1) is 35.6. The molecule has 0 radical (unpaired) electrons. The molecule has 0 saturated heterocycles. The van der Waals surface area contributed by atoms with Gasteiger partial charge in [0.1, 0.15) is 11.4 Å². The number of aryl methyl sites for hydroxylation is 2. The lowest BCUT2D eigenvalue weighted by atomic mass is 9.91. The van der Waals surface area contributed by atoms with Crippen molar-refractivity contribution in [3.8, 4) is 45.3 Å². The molecule has 10 aromatic heterocycles. The molecular formula is C62H40N10. The van der Waals surface area contributed by atoms with Crippen LogP contribution in [-0.2, 0) is 0 Å². The van der Waals surface area contributed by atoms with Crippen molar-refractivity contribution in [2.45, 2.75) is 13.8 Å². The van der Waals surface area contributed by atoms with E-state index in [2.05, 4.69) is 190 Å². The van der Waals surface area contributed by atoms with Crippen LogP contribution in [0.1, 0.15) is 11.4 Å². The monoisotopic (exact) mass is 924 g/mol. The van der Waals surface area contributed by atoms with Gasteiger partial charge in [0.15, 0.2) is 11.6 Å². The fraction of sp³-hybridized carbons (Fsp3) is 0.0323. The van der Waals surface area contributed by atoms with Crippen LogP contribution in [0.15, 0.2) is 207 Å². The van der Waals surface area contributed by atoms with Gasteiger partial charge in [0.05, 0.1) is 44.1 Å². The molecule has 5 aromatic carbocycles. The number of nitrogens with zero attached hydrogens (tertiary/aromatic N) is 10. The lowest BCUT2D eigenvalue weighted by Crippen LogP contribution is -2.16. The van der Waals surface area contributed by atoms with Gasteiger partial charge in [0.25, 0.3) is 0 Å². The molecule has 0 aliphatic rings. The van der Waals surface area contributed by atoms with Crippen LogP contribution >= 0.6 is 0 Å². The molecule has 338 valence electrons. The second-order valence-corrected chi connectivity index (χ2v) is 18.5. The predicted octanol–water partition coefficient (Wildman–Crippen LogP) is 14.4. The van der Waals surface area contributed by atoms with Gasteiger partial charge in [-0.05, 0) is 91.2 Å². The Morgan fingerprint density at radius 1 is 0.306 bits per heavy atom. The van der Waals surface area contributed by atoms with Crippen LogP contribution in [0.3, 0.4) is 0 Å². The Bertz CT molecular complexity index is 4260. The summed E-state index contributed by atoms with van der Waals surface area (Å²) in [4.78, 5) is 30.1. The molecule has 10 heterocycles. The lowest BCUT2D eigenvalue weighted by Gasteiger charge is -2.27. The molecule has 0 spiro atoms. The molecule has 15 rings (SSSR count). The highest BCUT2D eigenvalue weighted by molar-refractivity contribution is 6.16. The molecule has 15 aromatic rings. The van der Waals surface area contributed by atoms with E-state index in [0.717, 1.165) is 144 Å². The van der Waals surface area contributed by atoms with Crippen molar-refractivity contribution >= 4 is 87.2 Å². The van der Waals surface area contributed by atoms with Crippen molar-refractivity contribution in [3.05, 3.63) is 219 Å². The molecule has 0 aliphatic heterocycles. The summed E-state index contributed by atoms with van der Waals surface area (Å²) in [6.07, 6.45) is 15.5. The Kier molecular flexibility index (Phi) is 8.55. The third kappa shape index (κ3) is 5.65. The van der Waals surface area contributed by atoms with Crippen LogP contribution in [0.2, 0.25) is 0 Å². The van der Waals surface area contributed by atoms with Gasteiger partial charge in [0.2, 0.25) is 0 Å². The molecule has 0 bridgehead atoms. The van der Waals surface area contributed by atoms with E-state index in [4.69, 9.17) is 29.9 Å². The molecule has 0 fully saturated rings. The first-order valence-corrected chi connectivity index (χ1v) is 24.1. The first kappa shape index (κ1) is 40.1. The van der Waals surface area contributed by atoms with Gasteiger partial charge in [-0.3, -0.25) is 34.1 Å². The molecule has 0 amide bonds. The summed E-state index contributed by atoms with van der Waals surface area (Å²) in [5.74, 6) is 1.47. The van der Waals surface area contributed by atoms with Crippen LogP contribution in [0, 0.1) is 13.8 Å². The fourth-order valence-electron chi connectivity index (χ4n) is 11.7. The largest absolute Gasteiger partial charge is 0.305 e. The minimum atomic E-state index is 0.736. The van der Waals surface area contributed by atoms with Gasteiger partial charge >= 0.3 is 0 Å². The quantitative estimate of drug-likeness (QED) is 0.165.